The second-order valence-electron chi connectivity index (χ2n) is 2.69. The minimum Gasteiger partial charge on any atom is -0.501 e. The standard InChI is InChI=1S/C7H5F2N3O4/c8-5(9)2-1-3(13)7(12(15)16)11-4(2)6(10)14/h1,5,13H,(H2,10,14). The molecule has 1 aromatic heterocycles. The molecule has 86 valence electrons. The van der Waals surface area contributed by atoms with Gasteiger partial charge in [0.1, 0.15) is 0 Å². The average Bonchev–Trinajstić information content (AvgIpc) is 2.15. The molecule has 0 bridgehead atoms. The van der Waals surface area contributed by atoms with E-state index in [1.54, 1.807) is 0 Å². The van der Waals surface area contributed by atoms with Crippen LogP contribution in [0.1, 0.15) is 22.5 Å². The molecule has 0 fully saturated rings. The van der Waals surface area contributed by atoms with E-state index in [1.807, 2.05) is 0 Å². The van der Waals surface area contributed by atoms with Gasteiger partial charge >= 0.3 is 5.82 Å². The summed E-state index contributed by atoms with van der Waals surface area (Å²) in [5.41, 5.74) is 2.85. The summed E-state index contributed by atoms with van der Waals surface area (Å²) in [6.07, 6.45) is -3.12. The zero-order valence-electron chi connectivity index (χ0n) is 7.55. The first-order chi connectivity index (χ1) is 7.34. The number of halogens is 2. The van der Waals surface area contributed by atoms with E-state index in [2.05, 4.69) is 4.98 Å². The smallest absolute Gasteiger partial charge is 0.406 e. The van der Waals surface area contributed by atoms with E-state index in [0.717, 1.165) is 0 Å². The Morgan fingerprint density at radius 3 is 2.56 bits per heavy atom. The van der Waals surface area contributed by atoms with Crippen LogP contribution >= 0.6 is 0 Å². The van der Waals surface area contributed by atoms with Crippen LogP contribution in [0.2, 0.25) is 0 Å². The Morgan fingerprint density at radius 1 is 1.62 bits per heavy atom. The van der Waals surface area contributed by atoms with Crippen LogP contribution in [0.25, 0.3) is 0 Å². The average molecular weight is 233 g/mol. The number of nitrogens with zero attached hydrogens (tertiary/aromatic N) is 2. The highest BCUT2D eigenvalue weighted by molar-refractivity contribution is 5.93. The Labute approximate surface area is 86.7 Å². The molecule has 0 aliphatic carbocycles. The van der Waals surface area contributed by atoms with E-state index in [9.17, 15) is 23.7 Å². The molecule has 1 rings (SSSR count). The van der Waals surface area contributed by atoms with Gasteiger partial charge in [-0.1, -0.05) is 0 Å². The van der Waals surface area contributed by atoms with Crippen LogP contribution in [0.3, 0.4) is 0 Å². The van der Waals surface area contributed by atoms with Crippen molar-refractivity contribution in [1.29, 1.82) is 0 Å². The lowest BCUT2D eigenvalue weighted by Gasteiger charge is -2.03. The van der Waals surface area contributed by atoms with Crippen LogP contribution in [-0.2, 0) is 0 Å². The number of aromatic nitrogens is 1. The second kappa shape index (κ2) is 4.04. The number of nitro groups is 1. The fourth-order valence-electron chi connectivity index (χ4n) is 1.01. The van der Waals surface area contributed by atoms with Gasteiger partial charge in [-0.3, -0.25) is 4.79 Å². The minimum absolute atomic E-state index is 0.399. The van der Waals surface area contributed by atoms with Crippen LogP contribution in [-0.4, -0.2) is 20.9 Å². The van der Waals surface area contributed by atoms with E-state index in [-0.39, 0.29) is 0 Å². The van der Waals surface area contributed by atoms with Crippen LogP contribution in [0, 0.1) is 10.1 Å². The van der Waals surface area contributed by atoms with Crippen LogP contribution in [0.5, 0.6) is 5.75 Å². The molecule has 16 heavy (non-hydrogen) atoms. The number of aromatic hydroxyl groups is 1. The van der Waals surface area contributed by atoms with Crippen molar-refractivity contribution >= 4 is 11.7 Å². The Balaban J connectivity index is 3.49. The molecule has 3 N–H and O–H groups in total. The topological polar surface area (TPSA) is 119 Å². The van der Waals surface area contributed by atoms with E-state index in [1.165, 1.54) is 0 Å². The van der Waals surface area contributed by atoms with Crippen molar-refractivity contribution in [2.45, 2.75) is 6.43 Å². The first kappa shape index (κ1) is 11.8. The Morgan fingerprint density at radius 2 is 2.19 bits per heavy atom. The van der Waals surface area contributed by atoms with E-state index in [0.29, 0.717) is 6.07 Å². The monoisotopic (exact) mass is 233 g/mol. The molecule has 0 saturated heterocycles. The van der Waals surface area contributed by atoms with Gasteiger partial charge in [-0.15, -0.1) is 0 Å². The lowest BCUT2D eigenvalue weighted by atomic mass is 10.2. The normalized spacial score (nSPS) is 10.4. The van der Waals surface area contributed by atoms with Gasteiger partial charge in [-0.05, 0) is 9.91 Å². The largest absolute Gasteiger partial charge is 0.501 e. The SMILES string of the molecule is NC(=O)c1nc([N+](=O)[O-])c(O)cc1C(F)F. The maximum Gasteiger partial charge on any atom is 0.406 e. The number of carbonyl (C=O) groups excluding carboxylic acids is 1. The molecule has 0 aromatic carbocycles. The molecule has 9 heteroatoms. The molecule has 0 radical (unpaired) electrons. The van der Waals surface area contributed by atoms with Gasteiger partial charge < -0.3 is 21.0 Å². The number of nitrogens with two attached hydrogens (primary N) is 1. The van der Waals surface area contributed by atoms with Crippen molar-refractivity contribution in [3.63, 3.8) is 0 Å². The number of primary amides is 1. The molecule has 0 saturated carbocycles. The van der Waals surface area contributed by atoms with Crippen molar-refractivity contribution in [1.82, 2.24) is 4.98 Å². The maximum absolute atomic E-state index is 12.4. The second-order valence-corrected chi connectivity index (χ2v) is 2.69. The summed E-state index contributed by atoms with van der Waals surface area (Å²) >= 11 is 0. The van der Waals surface area contributed by atoms with Crippen LogP contribution < -0.4 is 5.73 Å². The third-order valence-corrected chi connectivity index (χ3v) is 1.65. The molecule has 7 nitrogen and oxygen atoms in total. The first-order valence-electron chi connectivity index (χ1n) is 3.80. The predicted octanol–water partition coefficient (Wildman–Crippen LogP) is 0.732. The maximum atomic E-state index is 12.4. The molecular formula is C7H5F2N3O4. The van der Waals surface area contributed by atoms with Gasteiger partial charge in [0.15, 0.2) is 0 Å². The van der Waals surface area contributed by atoms with E-state index >= 15 is 0 Å². The van der Waals surface area contributed by atoms with Crippen molar-refractivity contribution in [2.75, 3.05) is 0 Å². The summed E-state index contributed by atoms with van der Waals surface area (Å²) in [5, 5.41) is 19.3. The third kappa shape index (κ3) is 2.02. The number of amides is 1. The fraction of sp³-hybridized carbons (Fsp3) is 0.143. The molecule has 1 aromatic rings. The van der Waals surface area contributed by atoms with Gasteiger partial charge in [-0.2, -0.15) is 0 Å². The number of rotatable bonds is 3. The van der Waals surface area contributed by atoms with Gasteiger partial charge in [0.05, 0.1) is 5.56 Å². The molecular weight excluding hydrogens is 228 g/mol. The van der Waals surface area contributed by atoms with Crippen molar-refractivity contribution in [2.24, 2.45) is 5.73 Å². The summed E-state index contributed by atoms with van der Waals surface area (Å²) < 4.78 is 24.7. The highest BCUT2D eigenvalue weighted by Gasteiger charge is 2.28. The Kier molecular flexibility index (Phi) is 2.97. The fourth-order valence-corrected chi connectivity index (χ4v) is 1.01. The summed E-state index contributed by atoms with van der Waals surface area (Å²) in [7, 11) is 0. The minimum atomic E-state index is -3.12. The number of carbonyl (C=O) groups is 1. The van der Waals surface area contributed by atoms with Gasteiger partial charge in [0.2, 0.25) is 11.4 Å². The quantitative estimate of drug-likeness (QED) is 0.589. The summed E-state index contributed by atoms with van der Waals surface area (Å²) in [4.78, 5) is 22.9. The van der Waals surface area contributed by atoms with Crippen molar-refractivity contribution in [3.05, 3.63) is 27.4 Å². The Bertz CT molecular complexity index is 463. The number of hydrogen-bond acceptors (Lipinski definition) is 5. The van der Waals surface area contributed by atoms with Gasteiger partial charge in [0.25, 0.3) is 12.3 Å². The van der Waals surface area contributed by atoms with Crippen LogP contribution in [0.4, 0.5) is 14.6 Å². The third-order valence-electron chi connectivity index (χ3n) is 1.65. The van der Waals surface area contributed by atoms with E-state index < -0.39 is 40.1 Å². The zero-order chi connectivity index (χ0) is 12.5. The van der Waals surface area contributed by atoms with E-state index in [4.69, 9.17) is 10.8 Å². The van der Waals surface area contributed by atoms with Crippen molar-refractivity contribution < 1.29 is 23.6 Å². The number of alkyl halides is 2. The highest BCUT2D eigenvalue weighted by Crippen LogP contribution is 2.30. The molecule has 0 atom stereocenters. The highest BCUT2D eigenvalue weighted by atomic mass is 19.3. The summed E-state index contributed by atoms with van der Waals surface area (Å²) in [6.45, 7) is 0. The van der Waals surface area contributed by atoms with Gasteiger partial charge in [0, 0.05) is 6.07 Å². The lowest BCUT2D eigenvalue weighted by molar-refractivity contribution is -0.390. The molecule has 1 heterocycles. The molecule has 0 aliphatic heterocycles. The molecule has 0 spiro atoms. The zero-order valence-corrected chi connectivity index (χ0v) is 7.55. The summed E-state index contributed by atoms with van der Waals surface area (Å²) in [6, 6.07) is 0.399. The predicted molar refractivity (Wildman–Crippen MR) is 46.0 cm³/mol. The molecule has 0 unspecified atom stereocenters. The van der Waals surface area contributed by atoms with Gasteiger partial charge in [-0.25, -0.2) is 8.78 Å². The molecule has 0 aliphatic rings. The Hall–Kier alpha value is -2.32. The first-order valence-corrected chi connectivity index (χ1v) is 3.80. The lowest BCUT2D eigenvalue weighted by Crippen LogP contribution is -2.17. The number of hydrogen-bond donors (Lipinski definition) is 2. The number of pyridine rings is 1. The van der Waals surface area contributed by atoms with Crippen molar-refractivity contribution in [3.8, 4) is 5.75 Å². The molecule has 1 amide bonds. The summed E-state index contributed by atoms with van der Waals surface area (Å²) in [5.74, 6) is -3.48. The van der Waals surface area contributed by atoms with Crippen LogP contribution in [0.15, 0.2) is 6.07 Å².